The van der Waals surface area contributed by atoms with Crippen LogP contribution in [-0.2, 0) is 11.2 Å². The lowest BCUT2D eigenvalue weighted by Crippen LogP contribution is -2.30. The highest BCUT2D eigenvalue weighted by molar-refractivity contribution is 5.87. The van der Waals surface area contributed by atoms with Gasteiger partial charge < -0.3 is 10.4 Å². The molecule has 4 nitrogen and oxygen atoms in total. The van der Waals surface area contributed by atoms with Crippen LogP contribution in [0.4, 0.5) is 0 Å². The lowest BCUT2D eigenvalue weighted by molar-refractivity contribution is -0.122. The van der Waals surface area contributed by atoms with E-state index in [0.29, 0.717) is 18.8 Å². The molecule has 2 N–H and O–H groups in total. The van der Waals surface area contributed by atoms with E-state index in [2.05, 4.69) is 17.4 Å². The van der Waals surface area contributed by atoms with Crippen LogP contribution >= 0.6 is 0 Å². The first kappa shape index (κ1) is 16.2. The topological polar surface area (TPSA) is 66.4 Å². The third-order valence-corrected chi connectivity index (χ3v) is 4.41. The maximum Gasteiger partial charge on any atom is 0.335 e. The average molecular weight is 323 g/mol. The van der Waals surface area contributed by atoms with Crippen molar-refractivity contribution in [2.45, 2.75) is 31.7 Å². The Kier molecular flexibility index (Phi) is 4.94. The van der Waals surface area contributed by atoms with Crippen LogP contribution in [0.3, 0.4) is 0 Å². The summed E-state index contributed by atoms with van der Waals surface area (Å²) in [7, 11) is 0. The van der Waals surface area contributed by atoms with E-state index in [9.17, 15) is 9.59 Å². The van der Waals surface area contributed by atoms with Crippen LogP contribution in [-0.4, -0.2) is 17.0 Å². The number of rotatable bonds is 7. The highest BCUT2D eigenvalue weighted by atomic mass is 16.4. The molecule has 0 spiro atoms. The van der Waals surface area contributed by atoms with Gasteiger partial charge in [0.2, 0.25) is 5.91 Å². The van der Waals surface area contributed by atoms with Crippen LogP contribution in [0, 0.1) is 5.92 Å². The summed E-state index contributed by atoms with van der Waals surface area (Å²) in [5.41, 5.74) is 2.40. The fourth-order valence-electron chi connectivity index (χ4n) is 2.88. The number of hydrogen-bond acceptors (Lipinski definition) is 2. The van der Waals surface area contributed by atoms with Crippen LogP contribution in [0.1, 0.15) is 46.8 Å². The molecule has 24 heavy (non-hydrogen) atoms. The first-order valence-electron chi connectivity index (χ1n) is 8.30. The molecule has 1 fully saturated rings. The van der Waals surface area contributed by atoms with E-state index in [4.69, 9.17) is 5.11 Å². The SMILES string of the molecule is O=C(CCc1ccc(C(=O)O)cc1)NC(c1ccccc1)C1CC1. The number of carboxylic acids is 1. The second-order valence-electron chi connectivity index (χ2n) is 6.30. The van der Waals surface area contributed by atoms with Crippen molar-refractivity contribution >= 4 is 11.9 Å². The predicted octanol–water partition coefficient (Wildman–Crippen LogP) is 3.58. The highest BCUT2D eigenvalue weighted by Gasteiger charge is 2.33. The standard InChI is InChI=1S/C20H21NO3/c22-18(13-8-14-6-9-17(10-7-14)20(23)24)21-19(16-11-12-16)15-4-2-1-3-5-15/h1-7,9-10,16,19H,8,11-13H2,(H,21,22)(H,23,24). The third-order valence-electron chi connectivity index (χ3n) is 4.41. The third kappa shape index (κ3) is 4.22. The molecule has 3 rings (SSSR count). The van der Waals surface area contributed by atoms with Gasteiger partial charge >= 0.3 is 5.97 Å². The smallest absolute Gasteiger partial charge is 0.335 e. The van der Waals surface area contributed by atoms with Gasteiger partial charge in [0, 0.05) is 6.42 Å². The van der Waals surface area contributed by atoms with E-state index in [1.807, 2.05) is 18.2 Å². The zero-order valence-corrected chi connectivity index (χ0v) is 13.4. The number of hydrogen-bond donors (Lipinski definition) is 2. The molecule has 0 saturated heterocycles. The summed E-state index contributed by atoms with van der Waals surface area (Å²) in [6.45, 7) is 0. The molecule has 4 heteroatoms. The van der Waals surface area contributed by atoms with Crippen molar-refractivity contribution in [2.75, 3.05) is 0 Å². The molecule has 1 unspecified atom stereocenters. The van der Waals surface area contributed by atoms with Gasteiger partial charge in [0.15, 0.2) is 0 Å². The van der Waals surface area contributed by atoms with Crippen molar-refractivity contribution in [3.05, 3.63) is 71.3 Å². The van der Waals surface area contributed by atoms with Crippen molar-refractivity contribution in [3.8, 4) is 0 Å². The first-order valence-corrected chi connectivity index (χ1v) is 8.30. The normalized spacial score (nSPS) is 14.8. The summed E-state index contributed by atoms with van der Waals surface area (Å²) in [6.07, 6.45) is 3.34. The van der Waals surface area contributed by atoms with Crippen molar-refractivity contribution < 1.29 is 14.7 Å². The lowest BCUT2D eigenvalue weighted by atomic mass is 10.0. The van der Waals surface area contributed by atoms with Crippen LogP contribution < -0.4 is 5.32 Å². The molecule has 2 aromatic rings. The first-order chi connectivity index (χ1) is 11.6. The Morgan fingerprint density at radius 1 is 1.04 bits per heavy atom. The molecule has 1 atom stereocenters. The van der Waals surface area contributed by atoms with Crippen LogP contribution in [0.25, 0.3) is 0 Å². The molecular formula is C20H21NO3. The number of carboxylic acid groups (broad SMARTS) is 1. The minimum Gasteiger partial charge on any atom is -0.478 e. The largest absolute Gasteiger partial charge is 0.478 e. The molecule has 124 valence electrons. The van der Waals surface area contributed by atoms with Crippen molar-refractivity contribution in [1.29, 1.82) is 0 Å². The second kappa shape index (κ2) is 7.30. The Morgan fingerprint density at radius 3 is 2.29 bits per heavy atom. The fourth-order valence-corrected chi connectivity index (χ4v) is 2.88. The number of aryl methyl sites for hydroxylation is 1. The molecule has 1 saturated carbocycles. The zero-order valence-electron chi connectivity index (χ0n) is 13.4. The molecular weight excluding hydrogens is 302 g/mol. The molecule has 1 amide bonds. The van der Waals surface area contributed by atoms with E-state index >= 15 is 0 Å². The van der Waals surface area contributed by atoms with E-state index in [1.54, 1.807) is 24.3 Å². The Balaban J connectivity index is 1.55. The summed E-state index contributed by atoms with van der Waals surface area (Å²) in [5, 5.41) is 12.1. The Morgan fingerprint density at radius 2 is 1.71 bits per heavy atom. The Hall–Kier alpha value is -2.62. The van der Waals surface area contributed by atoms with Gasteiger partial charge in [0.05, 0.1) is 11.6 Å². The van der Waals surface area contributed by atoms with Gasteiger partial charge in [-0.05, 0) is 48.4 Å². The van der Waals surface area contributed by atoms with Gasteiger partial charge in [0.25, 0.3) is 0 Å². The molecule has 0 heterocycles. The van der Waals surface area contributed by atoms with Gasteiger partial charge in [-0.3, -0.25) is 4.79 Å². The van der Waals surface area contributed by atoms with E-state index in [-0.39, 0.29) is 17.5 Å². The summed E-state index contributed by atoms with van der Waals surface area (Å²) in [6, 6.07) is 16.9. The zero-order chi connectivity index (χ0) is 16.9. The number of nitrogens with one attached hydrogen (secondary N) is 1. The molecule has 0 radical (unpaired) electrons. The van der Waals surface area contributed by atoms with E-state index in [0.717, 1.165) is 18.4 Å². The molecule has 1 aliphatic rings. The number of benzene rings is 2. The summed E-state index contributed by atoms with van der Waals surface area (Å²) in [4.78, 5) is 23.1. The van der Waals surface area contributed by atoms with Gasteiger partial charge in [-0.15, -0.1) is 0 Å². The minimum absolute atomic E-state index is 0.0399. The highest BCUT2D eigenvalue weighted by Crippen LogP contribution is 2.40. The molecule has 2 aromatic carbocycles. The minimum atomic E-state index is -0.936. The maximum atomic E-state index is 12.3. The van der Waals surface area contributed by atoms with Crippen LogP contribution in [0.2, 0.25) is 0 Å². The van der Waals surface area contributed by atoms with E-state index in [1.165, 1.54) is 5.56 Å². The summed E-state index contributed by atoms with van der Waals surface area (Å²) < 4.78 is 0. The second-order valence-corrected chi connectivity index (χ2v) is 6.30. The van der Waals surface area contributed by atoms with Crippen molar-refractivity contribution in [1.82, 2.24) is 5.32 Å². The quantitative estimate of drug-likeness (QED) is 0.818. The number of carbonyl (C=O) groups excluding carboxylic acids is 1. The summed E-state index contributed by atoms with van der Waals surface area (Å²) in [5.74, 6) is -0.348. The maximum absolute atomic E-state index is 12.3. The molecule has 0 aliphatic heterocycles. The van der Waals surface area contributed by atoms with E-state index < -0.39 is 5.97 Å². The number of carbonyl (C=O) groups is 2. The van der Waals surface area contributed by atoms with Gasteiger partial charge in [0.1, 0.15) is 0 Å². The predicted molar refractivity (Wildman–Crippen MR) is 91.8 cm³/mol. The van der Waals surface area contributed by atoms with Crippen molar-refractivity contribution in [3.63, 3.8) is 0 Å². The lowest BCUT2D eigenvalue weighted by Gasteiger charge is -2.19. The Labute approximate surface area is 141 Å². The van der Waals surface area contributed by atoms with Gasteiger partial charge in [-0.25, -0.2) is 4.79 Å². The van der Waals surface area contributed by atoms with Crippen LogP contribution in [0.5, 0.6) is 0 Å². The van der Waals surface area contributed by atoms with Gasteiger partial charge in [-0.1, -0.05) is 42.5 Å². The summed E-state index contributed by atoms with van der Waals surface area (Å²) >= 11 is 0. The average Bonchev–Trinajstić information content (AvgIpc) is 3.44. The van der Waals surface area contributed by atoms with Gasteiger partial charge in [-0.2, -0.15) is 0 Å². The molecule has 0 aromatic heterocycles. The van der Waals surface area contributed by atoms with Crippen LogP contribution in [0.15, 0.2) is 54.6 Å². The number of amides is 1. The number of aromatic carboxylic acids is 1. The fraction of sp³-hybridized carbons (Fsp3) is 0.300. The Bertz CT molecular complexity index is 705. The molecule has 1 aliphatic carbocycles. The molecule has 0 bridgehead atoms. The van der Waals surface area contributed by atoms with Crippen molar-refractivity contribution in [2.24, 2.45) is 5.92 Å². The monoisotopic (exact) mass is 323 g/mol.